The molecule has 0 bridgehead atoms. The average molecular weight is 183 g/mol. The molecule has 2 aromatic rings. The zero-order valence-electron chi connectivity index (χ0n) is 8.09. The molecule has 14 heavy (non-hydrogen) atoms. The van der Waals surface area contributed by atoms with E-state index in [1.54, 1.807) is 0 Å². The van der Waals surface area contributed by atoms with Gasteiger partial charge >= 0.3 is 0 Å². The third-order valence-electron chi connectivity index (χ3n) is 2.35. The van der Waals surface area contributed by atoms with Crippen LogP contribution in [-0.2, 0) is 6.42 Å². The minimum atomic E-state index is 0.857. The van der Waals surface area contributed by atoms with E-state index in [9.17, 15) is 0 Å². The van der Waals surface area contributed by atoms with Crippen LogP contribution in [0.5, 0.6) is 0 Å². The fraction of sp³-hybridized carbons (Fsp3) is 0.231. The van der Waals surface area contributed by atoms with E-state index in [0.29, 0.717) is 0 Å². The lowest BCUT2D eigenvalue weighted by Crippen LogP contribution is -1.83. The minimum absolute atomic E-state index is 0.857. The van der Waals surface area contributed by atoms with Crippen molar-refractivity contribution in [3.63, 3.8) is 0 Å². The molecule has 0 unspecified atom stereocenters. The van der Waals surface area contributed by atoms with E-state index in [2.05, 4.69) is 35.2 Å². The van der Waals surface area contributed by atoms with Crippen molar-refractivity contribution < 1.29 is 0 Å². The zero-order valence-corrected chi connectivity index (χ0v) is 8.09. The van der Waals surface area contributed by atoms with Crippen LogP contribution in [0.4, 0.5) is 0 Å². The summed E-state index contributed by atoms with van der Waals surface area (Å²) in [6, 6.07) is 10.5. The van der Waals surface area contributed by atoms with Gasteiger partial charge in [-0.25, -0.2) is 0 Å². The Morgan fingerprint density at radius 3 is 2.93 bits per heavy atom. The number of hydrogen-bond donors (Lipinski definition) is 1. The molecule has 70 valence electrons. The van der Waals surface area contributed by atoms with Gasteiger partial charge in [0.1, 0.15) is 0 Å². The Labute approximate surface area is 84.1 Å². The second kappa shape index (κ2) is 4.02. The highest BCUT2D eigenvalue weighted by Gasteiger charge is 1.98. The molecule has 1 nitrogen and oxygen atoms in total. The molecule has 0 aliphatic heterocycles. The van der Waals surface area contributed by atoms with Crippen molar-refractivity contribution in [2.75, 3.05) is 0 Å². The van der Waals surface area contributed by atoms with Crippen molar-refractivity contribution in [1.82, 2.24) is 4.98 Å². The van der Waals surface area contributed by atoms with Crippen molar-refractivity contribution in [3.05, 3.63) is 36.0 Å². The van der Waals surface area contributed by atoms with Crippen LogP contribution in [0.2, 0.25) is 0 Å². The quantitative estimate of drug-likeness (QED) is 0.556. The molecule has 0 spiro atoms. The molecule has 0 aliphatic rings. The number of hydrogen-bond acceptors (Lipinski definition) is 0. The first-order valence-corrected chi connectivity index (χ1v) is 4.90. The molecule has 0 aliphatic carbocycles. The zero-order chi connectivity index (χ0) is 9.80. The standard InChI is InChI=1S/C13H13N/c1-2-3-4-8-12-10-11-7-5-6-9-13(11)14-12/h1,5-7,9-10,14H,3-4,8H2. The SMILES string of the molecule is C#CCCCc1cc2ccccc2[nH]1. The highest BCUT2D eigenvalue weighted by Crippen LogP contribution is 2.15. The molecule has 1 heterocycles. The first-order chi connectivity index (χ1) is 6.90. The lowest BCUT2D eigenvalue weighted by molar-refractivity contribution is 0.840. The summed E-state index contributed by atoms with van der Waals surface area (Å²) in [4.78, 5) is 3.39. The number of H-pyrrole nitrogens is 1. The Hall–Kier alpha value is -1.68. The Kier molecular flexibility index (Phi) is 2.55. The fourth-order valence-corrected chi connectivity index (χ4v) is 1.65. The van der Waals surface area contributed by atoms with Crippen molar-refractivity contribution in [2.24, 2.45) is 0 Å². The number of benzene rings is 1. The Bertz CT molecular complexity index is 426. The molecular weight excluding hydrogens is 170 g/mol. The van der Waals surface area contributed by atoms with Crippen LogP contribution >= 0.6 is 0 Å². The molecule has 0 saturated carbocycles. The molecule has 0 radical (unpaired) electrons. The van der Waals surface area contributed by atoms with E-state index in [-0.39, 0.29) is 0 Å². The van der Waals surface area contributed by atoms with Crippen LogP contribution in [0.25, 0.3) is 10.9 Å². The van der Waals surface area contributed by atoms with E-state index in [4.69, 9.17) is 6.42 Å². The van der Waals surface area contributed by atoms with Crippen LogP contribution in [0.15, 0.2) is 30.3 Å². The number of rotatable bonds is 3. The summed E-state index contributed by atoms with van der Waals surface area (Å²) in [5, 5.41) is 1.28. The maximum absolute atomic E-state index is 5.21. The smallest absolute Gasteiger partial charge is 0.0456 e. The average Bonchev–Trinajstić information content (AvgIpc) is 2.60. The fourth-order valence-electron chi connectivity index (χ4n) is 1.65. The van der Waals surface area contributed by atoms with Gasteiger partial charge in [0.25, 0.3) is 0 Å². The molecule has 1 aromatic heterocycles. The van der Waals surface area contributed by atoms with Crippen molar-refractivity contribution in [1.29, 1.82) is 0 Å². The van der Waals surface area contributed by atoms with Gasteiger partial charge in [-0.3, -0.25) is 0 Å². The van der Waals surface area contributed by atoms with Gasteiger partial charge in [0.15, 0.2) is 0 Å². The normalized spacial score (nSPS) is 10.2. The number of unbranched alkanes of at least 4 members (excludes halogenated alkanes) is 1. The highest BCUT2D eigenvalue weighted by atomic mass is 14.7. The van der Waals surface area contributed by atoms with Crippen LogP contribution in [-0.4, -0.2) is 4.98 Å². The molecule has 1 N–H and O–H groups in total. The van der Waals surface area contributed by atoms with Gasteiger partial charge in [-0.2, -0.15) is 0 Å². The second-order valence-corrected chi connectivity index (χ2v) is 3.44. The molecule has 1 heteroatoms. The third-order valence-corrected chi connectivity index (χ3v) is 2.35. The van der Waals surface area contributed by atoms with Crippen molar-refractivity contribution in [3.8, 4) is 12.3 Å². The van der Waals surface area contributed by atoms with Crippen LogP contribution in [0, 0.1) is 12.3 Å². The van der Waals surface area contributed by atoms with E-state index < -0.39 is 0 Å². The summed E-state index contributed by atoms with van der Waals surface area (Å²) in [6.07, 6.45) is 8.16. The molecule has 1 aromatic carbocycles. The summed E-state index contributed by atoms with van der Waals surface area (Å²) in [7, 11) is 0. The lowest BCUT2D eigenvalue weighted by atomic mass is 10.2. The van der Waals surface area contributed by atoms with E-state index in [1.807, 2.05) is 6.07 Å². The topological polar surface area (TPSA) is 15.8 Å². The van der Waals surface area contributed by atoms with Crippen LogP contribution < -0.4 is 0 Å². The maximum atomic E-state index is 5.21. The van der Waals surface area contributed by atoms with Gasteiger partial charge in [0.2, 0.25) is 0 Å². The van der Waals surface area contributed by atoms with Gasteiger partial charge in [-0.15, -0.1) is 12.3 Å². The Morgan fingerprint density at radius 1 is 1.29 bits per heavy atom. The predicted molar refractivity (Wildman–Crippen MR) is 60.1 cm³/mol. The Balaban J connectivity index is 2.15. The van der Waals surface area contributed by atoms with Crippen molar-refractivity contribution in [2.45, 2.75) is 19.3 Å². The summed E-state index contributed by atoms with van der Waals surface area (Å²) in [5.74, 6) is 2.66. The number of fused-ring (bicyclic) bond motifs is 1. The predicted octanol–water partition coefficient (Wildman–Crippen LogP) is 3.12. The van der Waals surface area contributed by atoms with Crippen LogP contribution in [0.1, 0.15) is 18.5 Å². The van der Waals surface area contributed by atoms with Gasteiger partial charge in [0, 0.05) is 17.6 Å². The number of nitrogens with one attached hydrogen (secondary N) is 1. The highest BCUT2D eigenvalue weighted by molar-refractivity contribution is 5.80. The number of para-hydroxylation sites is 1. The van der Waals surface area contributed by atoms with Gasteiger partial charge in [-0.05, 0) is 30.4 Å². The van der Waals surface area contributed by atoms with E-state index >= 15 is 0 Å². The third kappa shape index (κ3) is 1.80. The van der Waals surface area contributed by atoms with E-state index in [0.717, 1.165) is 19.3 Å². The molecule has 2 rings (SSSR count). The summed E-state index contributed by atoms with van der Waals surface area (Å²) in [6.45, 7) is 0. The maximum Gasteiger partial charge on any atom is 0.0456 e. The summed E-state index contributed by atoms with van der Waals surface area (Å²) in [5.41, 5.74) is 2.49. The summed E-state index contributed by atoms with van der Waals surface area (Å²) >= 11 is 0. The number of terminal acetylenes is 1. The molecule has 0 saturated heterocycles. The van der Waals surface area contributed by atoms with Crippen LogP contribution in [0.3, 0.4) is 0 Å². The van der Waals surface area contributed by atoms with Crippen molar-refractivity contribution >= 4 is 10.9 Å². The van der Waals surface area contributed by atoms with Gasteiger partial charge < -0.3 is 4.98 Å². The first kappa shape index (κ1) is 8.90. The molecule has 0 atom stereocenters. The Morgan fingerprint density at radius 2 is 2.14 bits per heavy atom. The largest absolute Gasteiger partial charge is 0.358 e. The van der Waals surface area contributed by atoms with Gasteiger partial charge in [-0.1, -0.05) is 18.2 Å². The minimum Gasteiger partial charge on any atom is -0.358 e. The molecule has 0 amide bonds. The lowest BCUT2D eigenvalue weighted by Gasteiger charge is -1.92. The summed E-state index contributed by atoms with van der Waals surface area (Å²) < 4.78 is 0. The van der Waals surface area contributed by atoms with E-state index in [1.165, 1.54) is 16.6 Å². The number of aromatic amines is 1. The first-order valence-electron chi connectivity index (χ1n) is 4.90. The monoisotopic (exact) mass is 183 g/mol. The van der Waals surface area contributed by atoms with Gasteiger partial charge in [0.05, 0.1) is 0 Å². The number of aryl methyl sites for hydroxylation is 1. The second-order valence-electron chi connectivity index (χ2n) is 3.44. The molecular formula is C13H13N. The molecule has 0 fully saturated rings. The number of aromatic nitrogens is 1.